The number of ether oxygens (including phenoxy) is 6. The zero-order chi connectivity index (χ0) is 32.7. The van der Waals surface area contributed by atoms with E-state index >= 15 is 0 Å². The summed E-state index contributed by atoms with van der Waals surface area (Å²) in [6, 6.07) is 0. The first kappa shape index (κ1) is 46.9. The minimum Gasteiger partial charge on any atom is -0.381 e. The van der Waals surface area contributed by atoms with Crippen molar-refractivity contribution in [2.24, 2.45) is 0 Å². The molecule has 0 radical (unpaired) electrons. The van der Waals surface area contributed by atoms with Crippen molar-refractivity contribution in [1.82, 2.24) is 0 Å². The fourth-order valence-electron chi connectivity index (χ4n) is 2.25. The van der Waals surface area contributed by atoms with E-state index in [1.807, 2.05) is 0 Å². The van der Waals surface area contributed by atoms with Crippen molar-refractivity contribution >= 4 is 17.3 Å². The van der Waals surface area contributed by atoms with E-state index in [0.717, 1.165) is 78.2 Å². The lowest BCUT2D eigenvalue weighted by Gasteiger charge is -2.18. The molecule has 0 atom stereocenters. The van der Waals surface area contributed by atoms with Gasteiger partial charge in [0.25, 0.3) is 0 Å². The maximum Gasteiger partial charge on any atom is 0.152 e. The molecular weight excluding hydrogens is 540 g/mol. The van der Waals surface area contributed by atoms with Gasteiger partial charge in [-0.3, -0.25) is 14.4 Å². The van der Waals surface area contributed by atoms with Gasteiger partial charge < -0.3 is 28.4 Å². The Labute approximate surface area is 257 Å². The highest BCUT2D eigenvalue weighted by Crippen LogP contribution is 2.00. The van der Waals surface area contributed by atoms with Gasteiger partial charge in [0.1, 0.15) is 6.10 Å². The van der Waals surface area contributed by atoms with Gasteiger partial charge in [0.15, 0.2) is 17.3 Å². The van der Waals surface area contributed by atoms with E-state index in [4.69, 9.17) is 28.4 Å². The largest absolute Gasteiger partial charge is 0.381 e. The van der Waals surface area contributed by atoms with Crippen LogP contribution in [0.4, 0.5) is 0 Å². The molecule has 248 valence electrons. The predicted octanol–water partition coefficient (Wildman–Crippen LogP) is 6.14. The molecule has 0 fully saturated rings. The summed E-state index contributed by atoms with van der Waals surface area (Å²) < 4.78 is 33.8. The molecule has 9 heteroatoms. The quantitative estimate of drug-likeness (QED) is 0.0852. The van der Waals surface area contributed by atoms with E-state index in [1.54, 1.807) is 0 Å². The van der Waals surface area contributed by atoms with E-state index in [-0.39, 0.29) is 23.5 Å². The molecule has 42 heavy (non-hydrogen) atoms. The Morgan fingerprint density at radius 2 is 0.762 bits per heavy atom. The second-order valence-electron chi connectivity index (χ2n) is 8.98. The highest BCUT2D eigenvalue weighted by Gasteiger charge is 2.10. The Hall–Kier alpha value is -2.01. The average molecular weight is 603 g/mol. The number of carbonyl (C=O) groups excluding carboxylic acids is 3. The zero-order valence-electron chi connectivity index (χ0n) is 27.6. The third-order valence-corrected chi connectivity index (χ3v) is 4.46. The molecule has 0 spiro atoms. The normalized spacial score (nSPS) is 9.79. The molecule has 0 aliphatic rings. The van der Waals surface area contributed by atoms with Crippen LogP contribution >= 0.6 is 0 Å². The van der Waals surface area contributed by atoms with Gasteiger partial charge in [-0.25, -0.2) is 0 Å². The van der Waals surface area contributed by atoms with Crippen molar-refractivity contribution in [2.75, 3.05) is 72.7 Å². The number of hydrogen-bond donors (Lipinski definition) is 0. The lowest BCUT2D eigenvalue weighted by Crippen LogP contribution is -2.27. The third kappa shape index (κ3) is 57.8. The first-order valence-corrected chi connectivity index (χ1v) is 15.1. The van der Waals surface area contributed by atoms with Gasteiger partial charge in [0.05, 0.1) is 13.2 Å². The van der Waals surface area contributed by atoms with Crippen molar-refractivity contribution in [3.8, 4) is 0 Å². The second kappa shape index (κ2) is 43.4. The zero-order valence-corrected chi connectivity index (χ0v) is 27.6. The summed E-state index contributed by atoms with van der Waals surface area (Å²) in [5, 5.41) is 0. The minimum atomic E-state index is -0.0377. The fourth-order valence-corrected chi connectivity index (χ4v) is 2.25. The van der Waals surface area contributed by atoms with Crippen LogP contribution in [0.15, 0.2) is 38.0 Å². The van der Waals surface area contributed by atoms with Crippen LogP contribution in [0, 0.1) is 0 Å². The highest BCUT2D eigenvalue weighted by atomic mass is 16.6. The van der Waals surface area contributed by atoms with Crippen LogP contribution in [-0.4, -0.2) is 96.1 Å². The molecule has 0 N–H and O–H groups in total. The molecule has 0 amide bonds. The van der Waals surface area contributed by atoms with E-state index in [0.29, 0.717) is 33.0 Å². The maximum atomic E-state index is 9.69. The second-order valence-corrected chi connectivity index (χ2v) is 8.98. The molecule has 0 aliphatic heterocycles. The number of hydrogen-bond acceptors (Lipinski definition) is 9. The Bertz CT molecular complexity index is 560. The monoisotopic (exact) mass is 602 g/mol. The Kier molecular flexibility index (Phi) is 48.5. The Morgan fingerprint density at radius 1 is 0.500 bits per heavy atom. The van der Waals surface area contributed by atoms with E-state index in [1.165, 1.54) is 39.0 Å². The molecular formula is C33H62O9. The molecule has 0 aliphatic carbocycles. The van der Waals surface area contributed by atoms with Gasteiger partial charge in [-0.2, -0.15) is 0 Å². The number of carbonyl (C=O) groups is 3. The van der Waals surface area contributed by atoms with Crippen molar-refractivity contribution in [3.63, 3.8) is 0 Å². The Balaban J connectivity index is -0.000000391. The van der Waals surface area contributed by atoms with Crippen LogP contribution in [0.25, 0.3) is 0 Å². The first-order valence-electron chi connectivity index (χ1n) is 15.1. The van der Waals surface area contributed by atoms with Crippen LogP contribution in [0.5, 0.6) is 0 Å². The van der Waals surface area contributed by atoms with Gasteiger partial charge in [-0.05, 0) is 77.5 Å². The summed E-state index contributed by atoms with van der Waals surface area (Å²) in [4.78, 5) is 29.1. The smallest absolute Gasteiger partial charge is 0.152 e. The SMILES string of the molecule is C=CC(C)=O.C=CC(C)=O.C=CC(C)=O.CCCOCCCOCC(COCCCOCCC)OCCCOCCC. The summed E-state index contributed by atoms with van der Waals surface area (Å²) in [6.07, 6.45) is 9.67. The molecule has 0 bridgehead atoms. The number of ketones is 3. The third-order valence-electron chi connectivity index (χ3n) is 4.46. The van der Waals surface area contributed by atoms with E-state index < -0.39 is 0 Å². The van der Waals surface area contributed by atoms with E-state index in [9.17, 15) is 14.4 Å². The van der Waals surface area contributed by atoms with Crippen molar-refractivity contribution in [2.45, 2.75) is 86.2 Å². The number of allylic oxidation sites excluding steroid dienone is 3. The van der Waals surface area contributed by atoms with Crippen LogP contribution in [-0.2, 0) is 42.8 Å². The molecule has 0 rings (SSSR count). The first-order chi connectivity index (χ1) is 20.2. The van der Waals surface area contributed by atoms with Crippen molar-refractivity contribution in [1.29, 1.82) is 0 Å². The topological polar surface area (TPSA) is 107 Å². The lowest BCUT2D eigenvalue weighted by atomic mass is 10.4. The van der Waals surface area contributed by atoms with Gasteiger partial charge in [0.2, 0.25) is 0 Å². The maximum absolute atomic E-state index is 9.69. The molecule has 0 saturated heterocycles. The predicted molar refractivity (Wildman–Crippen MR) is 171 cm³/mol. The van der Waals surface area contributed by atoms with Crippen molar-refractivity contribution < 1.29 is 42.8 Å². The summed E-state index contributed by atoms with van der Waals surface area (Å²) in [7, 11) is 0. The summed E-state index contributed by atoms with van der Waals surface area (Å²) in [5.74, 6) is 0.0556. The standard InChI is InChI=1S/C21H44O6.3C4H6O/c1-4-10-22-13-7-16-25-19-21(27-18-9-15-24-12-6-3)20-26-17-8-14-23-11-5-2;3*1-3-4(2)5/h21H,4-20H2,1-3H3;3*3H,1H2,2H3. The fraction of sp³-hybridized carbons (Fsp3) is 0.727. The van der Waals surface area contributed by atoms with Gasteiger partial charge in [-0.15, -0.1) is 0 Å². The summed E-state index contributed by atoms with van der Waals surface area (Å²) in [6.45, 7) is 28.2. The Morgan fingerprint density at radius 3 is 1.02 bits per heavy atom. The van der Waals surface area contributed by atoms with Gasteiger partial charge >= 0.3 is 0 Å². The molecule has 0 saturated carbocycles. The molecule has 0 aromatic rings. The summed E-state index contributed by atoms with van der Waals surface area (Å²) >= 11 is 0. The van der Waals surface area contributed by atoms with E-state index in [2.05, 4.69) is 40.5 Å². The highest BCUT2D eigenvalue weighted by molar-refractivity contribution is 5.87. The molecule has 0 aromatic carbocycles. The van der Waals surface area contributed by atoms with Crippen molar-refractivity contribution in [3.05, 3.63) is 38.0 Å². The minimum absolute atomic E-state index is 0.0185. The average Bonchev–Trinajstić information content (AvgIpc) is 2.98. The molecule has 0 heterocycles. The van der Waals surface area contributed by atoms with Gasteiger partial charge in [0, 0.05) is 59.5 Å². The van der Waals surface area contributed by atoms with Crippen LogP contribution in [0.1, 0.15) is 80.1 Å². The van der Waals surface area contributed by atoms with Crippen LogP contribution in [0.3, 0.4) is 0 Å². The number of rotatable bonds is 26. The molecule has 9 nitrogen and oxygen atoms in total. The van der Waals surface area contributed by atoms with Gasteiger partial charge in [-0.1, -0.05) is 40.5 Å². The molecule has 0 unspecified atom stereocenters. The summed E-state index contributed by atoms with van der Waals surface area (Å²) in [5.41, 5.74) is 0. The lowest BCUT2D eigenvalue weighted by molar-refractivity contribution is -0.113. The molecule has 0 aromatic heterocycles. The van der Waals surface area contributed by atoms with Crippen LogP contribution in [0.2, 0.25) is 0 Å². The van der Waals surface area contributed by atoms with Crippen LogP contribution < -0.4 is 0 Å².